The van der Waals surface area contributed by atoms with Gasteiger partial charge >= 0.3 is 0 Å². The molecule has 4 nitrogen and oxygen atoms in total. The van der Waals surface area contributed by atoms with Crippen molar-refractivity contribution in [2.75, 3.05) is 0 Å². The van der Waals surface area contributed by atoms with Gasteiger partial charge in [-0.1, -0.05) is 6.07 Å². The molecule has 26 heavy (non-hydrogen) atoms. The second kappa shape index (κ2) is 5.93. The van der Waals surface area contributed by atoms with Crippen LogP contribution in [0.1, 0.15) is 10.6 Å². The highest BCUT2D eigenvalue weighted by atomic mass is 32.1. The van der Waals surface area contributed by atoms with Gasteiger partial charge < -0.3 is 0 Å². The smallest absolute Gasteiger partial charge is 0.126 e. The van der Waals surface area contributed by atoms with Crippen LogP contribution >= 0.6 is 22.7 Å². The van der Waals surface area contributed by atoms with E-state index in [-0.39, 0.29) is 0 Å². The first-order valence-electron chi connectivity index (χ1n) is 8.23. The molecule has 0 fully saturated rings. The molecule has 126 valence electrons. The number of pyridine rings is 2. The number of aryl methyl sites for hydroxylation is 2. The second-order valence-corrected chi connectivity index (χ2v) is 8.46. The Labute approximate surface area is 158 Å². The highest BCUT2D eigenvalue weighted by Crippen LogP contribution is 2.34. The van der Waals surface area contributed by atoms with Gasteiger partial charge in [0.05, 0.1) is 36.8 Å². The Hall–Kier alpha value is -2.70. The van der Waals surface area contributed by atoms with E-state index in [2.05, 4.69) is 33.2 Å². The van der Waals surface area contributed by atoms with Gasteiger partial charge in [-0.15, -0.1) is 22.7 Å². The maximum Gasteiger partial charge on any atom is 0.126 e. The summed E-state index contributed by atoms with van der Waals surface area (Å²) in [7, 11) is 0. The van der Waals surface area contributed by atoms with E-state index in [0.717, 1.165) is 48.3 Å². The van der Waals surface area contributed by atoms with E-state index in [1.165, 1.54) is 4.70 Å². The van der Waals surface area contributed by atoms with E-state index in [0.29, 0.717) is 0 Å². The fraction of sp³-hybridized carbons (Fsp3) is 0.100. The fourth-order valence-corrected chi connectivity index (χ4v) is 4.69. The van der Waals surface area contributed by atoms with Gasteiger partial charge in [-0.05, 0) is 49.7 Å². The third kappa shape index (κ3) is 2.67. The summed E-state index contributed by atoms with van der Waals surface area (Å²) in [5.74, 6) is 0. The van der Waals surface area contributed by atoms with E-state index in [4.69, 9.17) is 4.98 Å². The molecular weight excluding hydrogens is 360 g/mol. The normalized spacial score (nSPS) is 11.5. The summed E-state index contributed by atoms with van der Waals surface area (Å²) in [6.07, 6.45) is 3.74. The minimum Gasteiger partial charge on any atom is -0.254 e. The molecule has 0 aliphatic carbocycles. The molecule has 0 aliphatic heterocycles. The number of benzene rings is 1. The summed E-state index contributed by atoms with van der Waals surface area (Å²) in [4.78, 5) is 18.4. The van der Waals surface area contributed by atoms with E-state index >= 15 is 0 Å². The molecule has 5 aromatic rings. The fourth-order valence-electron chi connectivity index (χ4n) is 2.88. The average molecular weight is 374 g/mol. The Morgan fingerprint density at radius 1 is 0.731 bits per heavy atom. The molecule has 6 heteroatoms. The van der Waals surface area contributed by atoms with Crippen molar-refractivity contribution < 1.29 is 0 Å². The first kappa shape index (κ1) is 15.5. The second-order valence-electron chi connectivity index (χ2n) is 6.19. The van der Waals surface area contributed by atoms with Crippen LogP contribution in [-0.4, -0.2) is 19.9 Å². The van der Waals surface area contributed by atoms with Crippen molar-refractivity contribution in [1.82, 2.24) is 19.9 Å². The Morgan fingerprint density at radius 3 is 2.12 bits per heavy atom. The van der Waals surface area contributed by atoms with Crippen LogP contribution in [-0.2, 0) is 0 Å². The lowest BCUT2D eigenvalue weighted by Crippen LogP contribution is -1.88. The molecule has 0 radical (unpaired) electrons. The van der Waals surface area contributed by atoms with Crippen molar-refractivity contribution in [2.45, 2.75) is 13.8 Å². The first-order chi connectivity index (χ1) is 12.7. The van der Waals surface area contributed by atoms with Crippen LogP contribution in [0, 0.1) is 13.8 Å². The summed E-state index contributed by atoms with van der Waals surface area (Å²) < 4.78 is 2.34. The average Bonchev–Trinajstić information content (AvgIpc) is 3.21. The van der Waals surface area contributed by atoms with Crippen molar-refractivity contribution in [2.24, 2.45) is 0 Å². The van der Waals surface area contributed by atoms with Gasteiger partial charge in [0.1, 0.15) is 5.01 Å². The number of hydrogen-bond donors (Lipinski definition) is 0. The zero-order valence-corrected chi connectivity index (χ0v) is 15.9. The Kier molecular flexibility index (Phi) is 3.55. The zero-order chi connectivity index (χ0) is 17.7. The summed E-state index contributed by atoms with van der Waals surface area (Å²) in [6, 6.07) is 12.4. The van der Waals surface area contributed by atoms with Crippen molar-refractivity contribution in [3.8, 4) is 22.0 Å². The van der Waals surface area contributed by atoms with Gasteiger partial charge in [0.15, 0.2) is 0 Å². The van der Waals surface area contributed by atoms with E-state index < -0.39 is 0 Å². The third-order valence-corrected chi connectivity index (χ3v) is 6.19. The summed E-state index contributed by atoms with van der Waals surface area (Å²) in [5, 5.41) is 2.06. The molecule has 0 saturated carbocycles. The molecule has 0 aliphatic rings. The monoisotopic (exact) mass is 374 g/mol. The molecular formula is C20H14N4S2. The van der Waals surface area contributed by atoms with Gasteiger partial charge in [-0.3, -0.25) is 9.97 Å². The molecule has 0 N–H and O–H groups in total. The molecule has 0 atom stereocenters. The molecule has 1 aromatic carbocycles. The highest BCUT2D eigenvalue weighted by Gasteiger charge is 2.10. The van der Waals surface area contributed by atoms with Crippen LogP contribution in [0.5, 0.6) is 0 Å². The number of hydrogen-bond acceptors (Lipinski definition) is 6. The maximum absolute atomic E-state index is 4.80. The quantitative estimate of drug-likeness (QED) is 0.401. The summed E-state index contributed by atoms with van der Waals surface area (Å²) >= 11 is 3.38. The lowest BCUT2D eigenvalue weighted by atomic mass is 10.2. The lowest BCUT2D eigenvalue weighted by molar-refractivity contribution is 1.22. The summed E-state index contributed by atoms with van der Waals surface area (Å²) in [5.41, 5.74) is 5.99. The standard InChI is InChI=1S/C20H14N4S2/c1-11-3-5-14(21-9-11)15-6-4-13(10-22-15)20-24-17-8-18-16(7-19(17)26-20)23-12(2)25-18/h3-10H,1-2H3. The topological polar surface area (TPSA) is 51.6 Å². The van der Waals surface area contributed by atoms with Crippen LogP contribution in [0.3, 0.4) is 0 Å². The van der Waals surface area contributed by atoms with Gasteiger partial charge in [0.25, 0.3) is 0 Å². The van der Waals surface area contributed by atoms with Crippen molar-refractivity contribution >= 4 is 43.1 Å². The molecule has 0 bridgehead atoms. The number of fused-ring (bicyclic) bond motifs is 2. The molecule has 5 rings (SSSR count). The van der Waals surface area contributed by atoms with Crippen LogP contribution < -0.4 is 0 Å². The molecule has 4 heterocycles. The van der Waals surface area contributed by atoms with Crippen LogP contribution in [0.25, 0.3) is 42.4 Å². The first-order valence-corrected chi connectivity index (χ1v) is 9.86. The van der Waals surface area contributed by atoms with E-state index in [1.807, 2.05) is 44.4 Å². The number of nitrogens with zero attached hydrogens (tertiary/aromatic N) is 4. The SMILES string of the molecule is Cc1ccc(-c2ccc(-c3nc4cc5sc(C)nc5cc4s3)cn2)nc1. The molecule has 0 amide bonds. The minimum absolute atomic E-state index is 0.870. The predicted molar refractivity (Wildman–Crippen MR) is 109 cm³/mol. The van der Waals surface area contributed by atoms with Crippen molar-refractivity contribution in [3.05, 3.63) is 59.4 Å². The molecule has 0 unspecified atom stereocenters. The molecule has 0 spiro atoms. The largest absolute Gasteiger partial charge is 0.254 e. The Balaban J connectivity index is 1.53. The minimum atomic E-state index is 0.870. The van der Waals surface area contributed by atoms with Crippen LogP contribution in [0.2, 0.25) is 0 Å². The highest BCUT2D eigenvalue weighted by molar-refractivity contribution is 7.22. The van der Waals surface area contributed by atoms with Crippen molar-refractivity contribution in [1.29, 1.82) is 0 Å². The predicted octanol–water partition coefficient (Wildman–Crippen LogP) is 5.65. The van der Waals surface area contributed by atoms with E-state index in [1.54, 1.807) is 22.7 Å². The van der Waals surface area contributed by atoms with Gasteiger partial charge in [-0.25, -0.2) is 9.97 Å². The maximum atomic E-state index is 4.80. The molecule has 4 aromatic heterocycles. The summed E-state index contributed by atoms with van der Waals surface area (Å²) in [6.45, 7) is 4.06. The van der Waals surface area contributed by atoms with E-state index in [9.17, 15) is 0 Å². The number of rotatable bonds is 2. The van der Waals surface area contributed by atoms with Crippen molar-refractivity contribution in [3.63, 3.8) is 0 Å². The van der Waals surface area contributed by atoms with Gasteiger partial charge in [0, 0.05) is 18.0 Å². The third-order valence-electron chi connectivity index (χ3n) is 4.19. The van der Waals surface area contributed by atoms with Gasteiger partial charge in [-0.2, -0.15) is 0 Å². The zero-order valence-electron chi connectivity index (χ0n) is 14.2. The molecule has 0 saturated heterocycles. The van der Waals surface area contributed by atoms with Crippen LogP contribution in [0.4, 0.5) is 0 Å². The Bertz CT molecular complexity index is 1180. The lowest BCUT2D eigenvalue weighted by Gasteiger charge is -2.01. The Morgan fingerprint density at radius 2 is 1.42 bits per heavy atom. The number of aromatic nitrogens is 4. The number of thiazole rings is 2. The van der Waals surface area contributed by atoms with Crippen LogP contribution in [0.15, 0.2) is 48.8 Å². The van der Waals surface area contributed by atoms with Gasteiger partial charge in [0.2, 0.25) is 0 Å².